The van der Waals surface area contributed by atoms with E-state index >= 15 is 0 Å². The lowest BCUT2D eigenvalue weighted by Crippen LogP contribution is -2.51. The van der Waals surface area contributed by atoms with E-state index in [1.54, 1.807) is 6.92 Å². The molecule has 3 nitrogen and oxygen atoms in total. The normalized spacial score (nSPS) is 41.7. The fourth-order valence-electron chi connectivity index (χ4n) is 8.64. The second-order valence-corrected chi connectivity index (χ2v) is 11.9. The summed E-state index contributed by atoms with van der Waals surface area (Å²) in [7, 11) is 0. The summed E-state index contributed by atoms with van der Waals surface area (Å²) in [6, 6.07) is 7.37. The zero-order chi connectivity index (χ0) is 23.4. The maximum Gasteiger partial charge on any atom is 0.159 e. The number of fused-ring (bicyclic) bond motifs is 5. The maximum atomic E-state index is 12.3. The van der Waals surface area contributed by atoms with E-state index in [4.69, 9.17) is 0 Å². The average Bonchev–Trinajstić information content (AvgIpc) is 3.15. The molecule has 0 saturated heterocycles. The highest BCUT2D eigenvalue weighted by Gasteiger charge is 2.58. The van der Waals surface area contributed by atoms with E-state index in [1.807, 2.05) is 31.2 Å². The van der Waals surface area contributed by atoms with Crippen LogP contribution in [-0.4, -0.2) is 22.3 Å². The van der Waals surface area contributed by atoms with Crippen molar-refractivity contribution in [1.82, 2.24) is 0 Å². The zero-order valence-corrected chi connectivity index (χ0v) is 20.4. The van der Waals surface area contributed by atoms with Gasteiger partial charge >= 0.3 is 0 Å². The molecule has 4 aliphatic rings. The number of hydrogen-bond donors (Lipinski definition) is 1. The zero-order valence-electron chi connectivity index (χ0n) is 20.4. The Morgan fingerprint density at radius 3 is 2.33 bits per heavy atom. The Bertz CT molecular complexity index is 998. The van der Waals surface area contributed by atoms with E-state index < -0.39 is 5.60 Å². The Morgan fingerprint density at radius 2 is 1.64 bits per heavy atom. The van der Waals surface area contributed by atoms with Gasteiger partial charge in [0, 0.05) is 17.0 Å². The molecule has 33 heavy (non-hydrogen) atoms. The van der Waals surface area contributed by atoms with E-state index in [-0.39, 0.29) is 17.1 Å². The predicted molar refractivity (Wildman–Crippen MR) is 130 cm³/mol. The van der Waals surface area contributed by atoms with Gasteiger partial charge < -0.3 is 5.11 Å². The molecule has 4 aliphatic carbocycles. The molecule has 176 valence electrons. The summed E-state index contributed by atoms with van der Waals surface area (Å²) < 4.78 is 0. The smallest absolute Gasteiger partial charge is 0.159 e. The first kappa shape index (κ1) is 22.9. The lowest BCUT2D eigenvalue weighted by Gasteiger charge is -2.56. The summed E-state index contributed by atoms with van der Waals surface area (Å²) in [4.78, 5) is 23.8. The molecule has 8 atom stereocenters. The van der Waals surface area contributed by atoms with Crippen LogP contribution in [0.2, 0.25) is 0 Å². The first-order chi connectivity index (χ1) is 15.7. The van der Waals surface area contributed by atoms with Crippen LogP contribution >= 0.6 is 0 Å². The number of benzene rings is 1. The number of Topliss-reactive ketones (excluding diaryl/α,β-unsaturated/α-hetero) is 2. The SMILES string of the molecule is CC(=O)c1ccc(C#C[C@@]2(O)CCC3C(CCC4C3CC[C@]3(C)C(C(C)=O)CCC43)C2)cc1. The van der Waals surface area contributed by atoms with Crippen molar-refractivity contribution >= 4 is 11.6 Å². The van der Waals surface area contributed by atoms with E-state index in [0.29, 0.717) is 29.1 Å². The maximum absolute atomic E-state index is 12.3. The van der Waals surface area contributed by atoms with Gasteiger partial charge in [0.2, 0.25) is 0 Å². The molecule has 0 radical (unpaired) electrons. The molecule has 4 fully saturated rings. The van der Waals surface area contributed by atoms with E-state index in [0.717, 1.165) is 43.1 Å². The summed E-state index contributed by atoms with van der Waals surface area (Å²) in [6.45, 7) is 5.79. The Kier molecular flexibility index (Phi) is 5.81. The molecular weight excluding hydrogens is 408 g/mol. The lowest BCUT2D eigenvalue weighted by atomic mass is 9.49. The monoisotopic (exact) mass is 446 g/mol. The van der Waals surface area contributed by atoms with Gasteiger partial charge in [0.15, 0.2) is 5.78 Å². The van der Waals surface area contributed by atoms with Crippen LogP contribution in [0.3, 0.4) is 0 Å². The largest absolute Gasteiger partial charge is 0.378 e. The molecule has 4 saturated carbocycles. The van der Waals surface area contributed by atoms with Gasteiger partial charge in [-0.3, -0.25) is 9.59 Å². The minimum Gasteiger partial charge on any atom is -0.378 e. The summed E-state index contributed by atoms with van der Waals surface area (Å²) in [5, 5.41) is 11.3. The Balaban J connectivity index is 1.28. The minimum absolute atomic E-state index is 0.0551. The second-order valence-electron chi connectivity index (χ2n) is 11.9. The van der Waals surface area contributed by atoms with Crippen LogP contribution in [0.1, 0.15) is 94.5 Å². The van der Waals surface area contributed by atoms with Gasteiger partial charge in [-0.15, -0.1) is 0 Å². The molecule has 0 bridgehead atoms. The van der Waals surface area contributed by atoms with Gasteiger partial charge in [0.25, 0.3) is 0 Å². The fourth-order valence-corrected chi connectivity index (χ4v) is 8.64. The molecule has 1 aromatic carbocycles. The molecule has 3 heteroatoms. The van der Waals surface area contributed by atoms with Crippen LogP contribution in [0, 0.1) is 52.8 Å². The molecule has 0 heterocycles. The summed E-state index contributed by atoms with van der Waals surface area (Å²) in [5.41, 5.74) is 0.867. The molecule has 1 aromatic rings. The molecule has 0 spiro atoms. The van der Waals surface area contributed by atoms with Gasteiger partial charge in [-0.05, 0) is 119 Å². The fraction of sp³-hybridized carbons (Fsp3) is 0.667. The van der Waals surface area contributed by atoms with Gasteiger partial charge in [-0.1, -0.05) is 30.9 Å². The first-order valence-electron chi connectivity index (χ1n) is 13.1. The molecule has 0 aromatic heterocycles. The molecule has 5 rings (SSSR count). The average molecular weight is 447 g/mol. The van der Waals surface area contributed by atoms with Gasteiger partial charge in [-0.2, -0.15) is 0 Å². The van der Waals surface area contributed by atoms with Crippen LogP contribution in [0.5, 0.6) is 0 Å². The quantitative estimate of drug-likeness (QED) is 0.459. The van der Waals surface area contributed by atoms with Crippen molar-refractivity contribution in [3.8, 4) is 11.8 Å². The third-order valence-corrected chi connectivity index (χ3v) is 10.2. The molecule has 0 amide bonds. The highest BCUT2D eigenvalue weighted by Crippen LogP contribution is 2.64. The van der Waals surface area contributed by atoms with Crippen LogP contribution in [0.15, 0.2) is 24.3 Å². The highest BCUT2D eigenvalue weighted by molar-refractivity contribution is 5.94. The van der Waals surface area contributed by atoms with Crippen LogP contribution in [-0.2, 0) is 4.79 Å². The van der Waals surface area contributed by atoms with Crippen LogP contribution in [0.25, 0.3) is 0 Å². The summed E-state index contributed by atoms with van der Waals surface area (Å²) in [6.07, 6.45) is 9.86. The lowest BCUT2D eigenvalue weighted by molar-refractivity contribution is -0.129. The van der Waals surface area contributed by atoms with Crippen LogP contribution < -0.4 is 0 Å². The van der Waals surface area contributed by atoms with E-state index in [9.17, 15) is 14.7 Å². The number of aliphatic hydroxyl groups is 1. The topological polar surface area (TPSA) is 54.4 Å². The van der Waals surface area contributed by atoms with E-state index in [1.165, 1.54) is 32.1 Å². The number of rotatable bonds is 2. The molecular formula is C30H38O3. The Labute approximate surface area is 198 Å². The van der Waals surface area contributed by atoms with Crippen molar-refractivity contribution in [2.45, 2.75) is 84.2 Å². The van der Waals surface area contributed by atoms with Crippen molar-refractivity contribution in [3.63, 3.8) is 0 Å². The Hall–Kier alpha value is -1.92. The second kappa shape index (κ2) is 8.38. The van der Waals surface area contributed by atoms with Crippen molar-refractivity contribution in [1.29, 1.82) is 0 Å². The number of carbonyl (C=O) groups is 2. The minimum atomic E-state index is -0.899. The Morgan fingerprint density at radius 1 is 0.909 bits per heavy atom. The number of hydrogen-bond acceptors (Lipinski definition) is 3. The molecule has 6 unspecified atom stereocenters. The molecule has 0 aliphatic heterocycles. The van der Waals surface area contributed by atoms with Gasteiger partial charge in [0.05, 0.1) is 0 Å². The third kappa shape index (κ3) is 3.99. The predicted octanol–water partition coefficient (Wildman–Crippen LogP) is 5.83. The first-order valence-corrected chi connectivity index (χ1v) is 13.1. The summed E-state index contributed by atoms with van der Waals surface area (Å²) in [5.74, 6) is 10.7. The van der Waals surface area contributed by atoms with Crippen LogP contribution in [0.4, 0.5) is 0 Å². The van der Waals surface area contributed by atoms with Crippen molar-refractivity contribution in [3.05, 3.63) is 35.4 Å². The number of ketones is 2. The van der Waals surface area contributed by atoms with Gasteiger partial charge in [-0.25, -0.2) is 0 Å². The number of carbonyl (C=O) groups excluding carboxylic acids is 2. The molecule has 1 N–H and O–H groups in total. The van der Waals surface area contributed by atoms with Crippen molar-refractivity contribution < 1.29 is 14.7 Å². The summed E-state index contributed by atoms with van der Waals surface area (Å²) >= 11 is 0. The van der Waals surface area contributed by atoms with E-state index in [2.05, 4.69) is 18.8 Å². The van der Waals surface area contributed by atoms with Gasteiger partial charge in [0.1, 0.15) is 11.4 Å². The standard InChI is InChI=1S/C30H38O3/c1-19(31)22-6-4-21(5-7-22)12-16-30(33)17-14-24-23(18-30)8-9-26-25(24)13-15-29(3)27(20(2)32)10-11-28(26)29/h4-7,23-28,33H,8-11,13-15,17-18H2,1-3H3/t23?,24?,25?,26?,27?,28?,29-,30-/m1/s1. The third-order valence-electron chi connectivity index (χ3n) is 10.2. The highest BCUT2D eigenvalue weighted by atomic mass is 16.3. The van der Waals surface area contributed by atoms with Crippen molar-refractivity contribution in [2.24, 2.45) is 40.9 Å². The van der Waals surface area contributed by atoms with Crippen molar-refractivity contribution in [2.75, 3.05) is 0 Å².